The third-order valence-corrected chi connectivity index (χ3v) is 4.89. The molecule has 0 saturated carbocycles. The Kier molecular flexibility index (Phi) is 6.68. The number of nitrogens with one attached hydrogen (secondary N) is 1. The zero-order valence-corrected chi connectivity index (χ0v) is 16.5. The highest BCUT2D eigenvalue weighted by atomic mass is 32.1. The molecule has 0 aliphatic carbocycles. The molecule has 2 N–H and O–H groups in total. The monoisotopic (exact) mass is 395 g/mol. The zero-order chi connectivity index (χ0) is 19.9. The Morgan fingerprint density at radius 1 is 1.18 bits per heavy atom. The summed E-state index contributed by atoms with van der Waals surface area (Å²) < 4.78 is 7.06. The number of nitrogens with zero attached hydrogens (tertiary/aromatic N) is 1. The van der Waals surface area contributed by atoms with Crippen LogP contribution in [0.1, 0.15) is 40.2 Å². The maximum atomic E-state index is 13.3. The minimum Gasteiger partial charge on any atom is -0.467 e. The Bertz CT molecular complexity index is 937. The summed E-state index contributed by atoms with van der Waals surface area (Å²) in [6.07, 6.45) is 6.03. The number of carbonyl (C=O) groups excluding carboxylic acids is 1. The van der Waals surface area contributed by atoms with Crippen LogP contribution >= 0.6 is 12.2 Å². The van der Waals surface area contributed by atoms with Gasteiger partial charge in [0, 0.05) is 17.2 Å². The summed E-state index contributed by atoms with van der Waals surface area (Å²) in [6.45, 7) is 2.35. The second-order valence-electron chi connectivity index (χ2n) is 6.43. The number of furan rings is 1. The minimum absolute atomic E-state index is 0.111. The van der Waals surface area contributed by atoms with E-state index in [1.54, 1.807) is 41.4 Å². The van der Waals surface area contributed by atoms with Crippen LogP contribution in [-0.2, 0) is 19.6 Å². The van der Waals surface area contributed by atoms with Crippen LogP contribution in [-0.4, -0.2) is 15.9 Å². The first-order valence-corrected chi connectivity index (χ1v) is 9.57. The molecular weight excluding hydrogens is 372 g/mol. The first-order valence-electron chi connectivity index (χ1n) is 9.16. The fourth-order valence-electron chi connectivity index (χ4n) is 2.93. The third-order valence-electron chi connectivity index (χ3n) is 4.52. The summed E-state index contributed by atoms with van der Waals surface area (Å²) in [5.74, 6) is 0.620. The zero-order valence-electron chi connectivity index (χ0n) is 15.7. The summed E-state index contributed by atoms with van der Waals surface area (Å²) in [6, 6.07) is 14.1. The molecule has 5 nitrogen and oxygen atoms in total. The number of pyridine rings is 1. The van der Waals surface area contributed by atoms with E-state index >= 15 is 0 Å². The molecule has 0 aliphatic rings. The van der Waals surface area contributed by atoms with Crippen LogP contribution in [0.25, 0.3) is 0 Å². The van der Waals surface area contributed by atoms with E-state index in [0.717, 1.165) is 12.2 Å². The molecule has 0 amide bonds. The van der Waals surface area contributed by atoms with Crippen molar-refractivity contribution in [3.63, 3.8) is 0 Å². The quantitative estimate of drug-likeness (QED) is 0.348. The highest BCUT2D eigenvalue weighted by Gasteiger charge is 2.33. The Labute approximate surface area is 169 Å². The molecule has 0 radical (unpaired) electrons. The number of hydrogen-bond donors (Lipinski definition) is 2. The average molecular weight is 396 g/mol. The lowest BCUT2D eigenvalue weighted by molar-refractivity contribution is -0.692. The average Bonchev–Trinajstić information content (AvgIpc) is 3.26. The van der Waals surface area contributed by atoms with E-state index in [1.807, 2.05) is 30.3 Å². The number of hydrogen-bond acceptors (Lipinski definition) is 4. The molecule has 2 aromatic heterocycles. The lowest BCUT2D eigenvalue weighted by atomic mass is 10.0. The normalized spacial score (nSPS) is 11.8. The van der Waals surface area contributed by atoms with Gasteiger partial charge in [0.1, 0.15) is 5.76 Å². The van der Waals surface area contributed by atoms with Gasteiger partial charge in [0.05, 0.1) is 19.4 Å². The smallest absolute Gasteiger partial charge is 0.270 e. The fraction of sp³-hybridized carbons (Fsp3) is 0.227. The van der Waals surface area contributed by atoms with Crippen molar-refractivity contribution in [2.75, 3.05) is 0 Å². The van der Waals surface area contributed by atoms with Crippen molar-refractivity contribution in [1.82, 2.24) is 5.32 Å². The number of aliphatic hydroxyl groups excluding tert-OH is 1. The molecule has 3 aromatic rings. The number of benzene rings is 1. The second kappa shape index (κ2) is 9.39. The van der Waals surface area contributed by atoms with E-state index in [9.17, 15) is 9.90 Å². The van der Waals surface area contributed by atoms with Gasteiger partial charge in [0.15, 0.2) is 17.4 Å². The summed E-state index contributed by atoms with van der Waals surface area (Å²) >= 11 is 5.58. The molecule has 1 aromatic carbocycles. The molecule has 3 rings (SSSR count). The van der Waals surface area contributed by atoms with Crippen molar-refractivity contribution in [2.45, 2.75) is 32.5 Å². The van der Waals surface area contributed by atoms with Crippen molar-refractivity contribution in [1.29, 1.82) is 0 Å². The van der Waals surface area contributed by atoms with Crippen molar-refractivity contribution < 1.29 is 18.9 Å². The van der Waals surface area contributed by atoms with Crippen molar-refractivity contribution in [3.05, 3.63) is 89.6 Å². The molecule has 0 fully saturated rings. The summed E-state index contributed by atoms with van der Waals surface area (Å²) in [5, 5.41) is 12.6. The number of ketones is 1. The highest BCUT2D eigenvalue weighted by molar-refractivity contribution is 7.80. The van der Waals surface area contributed by atoms with E-state index in [2.05, 4.69) is 12.2 Å². The van der Waals surface area contributed by atoms with Crippen LogP contribution < -0.4 is 9.88 Å². The largest absolute Gasteiger partial charge is 0.467 e. The van der Waals surface area contributed by atoms with Crippen LogP contribution in [0.2, 0.25) is 0 Å². The number of carbonyl (C=O) groups is 1. The Hall–Kier alpha value is -2.83. The fourth-order valence-corrected chi connectivity index (χ4v) is 3.24. The Morgan fingerprint density at radius 2 is 1.96 bits per heavy atom. The first-order chi connectivity index (χ1) is 13.6. The molecule has 28 heavy (non-hydrogen) atoms. The van der Waals surface area contributed by atoms with Gasteiger partial charge in [-0.05, 0) is 30.2 Å². The molecule has 0 bridgehead atoms. The van der Waals surface area contributed by atoms with E-state index in [1.165, 1.54) is 5.56 Å². The molecule has 0 unspecified atom stereocenters. The van der Waals surface area contributed by atoms with Crippen molar-refractivity contribution in [3.8, 4) is 0 Å². The molecule has 144 valence electrons. The molecular formula is C22H23N2O3S+. The minimum atomic E-state index is -0.719. The molecule has 6 heteroatoms. The molecule has 1 atom stereocenters. The Morgan fingerprint density at radius 3 is 2.61 bits per heavy atom. The number of Topliss-reactive ketones (excluding diaryl/α,β-unsaturated/α-hetero) is 1. The number of rotatable bonds is 8. The first kappa shape index (κ1) is 19.9. The third kappa shape index (κ3) is 4.71. The lowest BCUT2D eigenvalue weighted by Gasteiger charge is -2.15. The predicted molar refractivity (Wildman–Crippen MR) is 110 cm³/mol. The maximum Gasteiger partial charge on any atom is 0.270 e. The van der Waals surface area contributed by atoms with Gasteiger partial charge in [-0.3, -0.25) is 4.79 Å². The molecule has 2 heterocycles. The highest BCUT2D eigenvalue weighted by Crippen LogP contribution is 2.14. The number of aryl methyl sites for hydroxylation is 1. The summed E-state index contributed by atoms with van der Waals surface area (Å²) in [7, 11) is 0. The Balaban J connectivity index is 1.90. The van der Waals surface area contributed by atoms with Crippen LogP contribution in [0.5, 0.6) is 0 Å². The van der Waals surface area contributed by atoms with Gasteiger partial charge in [-0.1, -0.05) is 43.4 Å². The molecule has 0 spiro atoms. The molecule has 0 saturated heterocycles. The topological polar surface area (TPSA) is 66.4 Å². The summed E-state index contributed by atoms with van der Waals surface area (Å²) in [4.78, 5) is 13.7. The standard InChI is InChI=1S/C22H22N2O3S/c1-2-16-7-9-18(10-8-16)21(26)20(24-11-3-5-17(14-24)15-25)22(28)23-13-19-6-4-12-27-19/h3-12,14,20,25H,2,13,15H2,1H3/p+1/t20-/m0/s1. The maximum absolute atomic E-state index is 13.3. The van der Waals surface area contributed by atoms with Crippen LogP contribution in [0.3, 0.4) is 0 Å². The number of thiocarbonyl (C=S) groups is 1. The second-order valence-corrected chi connectivity index (χ2v) is 6.87. The molecule has 0 aliphatic heterocycles. The summed E-state index contributed by atoms with van der Waals surface area (Å²) in [5.41, 5.74) is 2.46. The van der Waals surface area contributed by atoms with E-state index in [0.29, 0.717) is 22.7 Å². The van der Waals surface area contributed by atoms with Gasteiger partial charge < -0.3 is 14.8 Å². The van der Waals surface area contributed by atoms with Crippen molar-refractivity contribution in [2.24, 2.45) is 0 Å². The van der Waals surface area contributed by atoms with Gasteiger partial charge in [-0.2, -0.15) is 4.57 Å². The lowest BCUT2D eigenvalue weighted by Crippen LogP contribution is -2.51. The van der Waals surface area contributed by atoms with Crippen molar-refractivity contribution >= 4 is 23.0 Å². The van der Waals surface area contributed by atoms with Gasteiger partial charge in [-0.25, -0.2) is 0 Å². The predicted octanol–water partition coefficient (Wildman–Crippen LogP) is 3.16. The number of aliphatic hydroxyl groups is 1. The van der Waals surface area contributed by atoms with Gasteiger partial charge >= 0.3 is 0 Å². The van der Waals surface area contributed by atoms with E-state index in [4.69, 9.17) is 16.6 Å². The van der Waals surface area contributed by atoms with Gasteiger partial charge in [0.2, 0.25) is 5.78 Å². The van der Waals surface area contributed by atoms with Crippen LogP contribution in [0.4, 0.5) is 0 Å². The number of aromatic nitrogens is 1. The van der Waals surface area contributed by atoms with Gasteiger partial charge in [0.25, 0.3) is 6.04 Å². The van der Waals surface area contributed by atoms with Crippen LogP contribution in [0.15, 0.2) is 71.6 Å². The van der Waals surface area contributed by atoms with E-state index < -0.39 is 6.04 Å². The van der Waals surface area contributed by atoms with Crippen LogP contribution in [0, 0.1) is 0 Å². The van der Waals surface area contributed by atoms with E-state index in [-0.39, 0.29) is 12.4 Å². The SMILES string of the molecule is CCc1ccc(C(=O)[C@@H](C(=S)NCc2ccco2)[n+]2cccc(CO)c2)cc1. The van der Waals surface area contributed by atoms with Gasteiger partial charge in [-0.15, -0.1) is 0 Å².